The zero-order valence-corrected chi connectivity index (χ0v) is 13.6. The summed E-state index contributed by atoms with van der Waals surface area (Å²) in [6.45, 7) is 2.24. The SMILES string of the molecule is CCCC/C=C\C=C/CCCCCCCCI. The Bertz CT molecular complexity index is 182. The number of hydrogen-bond acceptors (Lipinski definition) is 0. The van der Waals surface area contributed by atoms with Gasteiger partial charge in [0.05, 0.1) is 0 Å². The van der Waals surface area contributed by atoms with Crippen LogP contribution in [-0.4, -0.2) is 4.43 Å². The van der Waals surface area contributed by atoms with Crippen LogP contribution in [-0.2, 0) is 0 Å². The first-order valence-electron chi connectivity index (χ1n) is 7.29. The summed E-state index contributed by atoms with van der Waals surface area (Å²) in [5.41, 5.74) is 0. The van der Waals surface area contributed by atoms with Crippen molar-refractivity contribution in [3.8, 4) is 0 Å². The van der Waals surface area contributed by atoms with Crippen molar-refractivity contribution in [3.05, 3.63) is 24.3 Å². The van der Waals surface area contributed by atoms with Gasteiger partial charge in [0.25, 0.3) is 0 Å². The van der Waals surface area contributed by atoms with E-state index in [1.54, 1.807) is 0 Å². The molecule has 0 aromatic rings. The average molecular weight is 348 g/mol. The van der Waals surface area contributed by atoms with Crippen molar-refractivity contribution in [1.82, 2.24) is 0 Å². The topological polar surface area (TPSA) is 0 Å². The van der Waals surface area contributed by atoms with E-state index in [1.807, 2.05) is 0 Å². The van der Waals surface area contributed by atoms with E-state index in [4.69, 9.17) is 0 Å². The maximum atomic E-state index is 2.47. The molecule has 0 nitrogen and oxygen atoms in total. The molecule has 0 atom stereocenters. The van der Waals surface area contributed by atoms with Gasteiger partial charge >= 0.3 is 0 Å². The van der Waals surface area contributed by atoms with Crippen LogP contribution in [0.3, 0.4) is 0 Å². The summed E-state index contributed by atoms with van der Waals surface area (Å²) < 4.78 is 1.32. The molecule has 0 N–H and O–H groups in total. The van der Waals surface area contributed by atoms with E-state index in [-0.39, 0.29) is 0 Å². The number of rotatable bonds is 12. The van der Waals surface area contributed by atoms with Crippen molar-refractivity contribution in [2.75, 3.05) is 4.43 Å². The number of halogens is 1. The van der Waals surface area contributed by atoms with E-state index < -0.39 is 0 Å². The Balaban J connectivity index is 3.11. The van der Waals surface area contributed by atoms with Gasteiger partial charge in [0, 0.05) is 0 Å². The molecule has 0 aliphatic rings. The molecule has 0 radical (unpaired) electrons. The minimum absolute atomic E-state index is 1.23. The molecule has 0 aromatic heterocycles. The first kappa shape index (κ1) is 17.2. The molecule has 0 saturated heterocycles. The Hall–Kier alpha value is 0.210. The molecule has 0 aliphatic carbocycles. The molecule has 0 heterocycles. The highest BCUT2D eigenvalue weighted by molar-refractivity contribution is 14.1. The standard InChI is InChI=1S/C16H29I/c1-2-3-4-5-6-7-8-9-10-11-12-13-14-15-16-17/h5-8H,2-4,9-16H2,1H3/b6-5-,8-7-. The van der Waals surface area contributed by atoms with Crippen molar-refractivity contribution in [2.45, 2.75) is 71.1 Å². The third kappa shape index (κ3) is 16.2. The van der Waals surface area contributed by atoms with Crippen molar-refractivity contribution in [2.24, 2.45) is 0 Å². The Labute approximate surface area is 122 Å². The van der Waals surface area contributed by atoms with Gasteiger partial charge in [0.2, 0.25) is 0 Å². The summed E-state index contributed by atoms with van der Waals surface area (Å²) in [7, 11) is 0. The lowest BCUT2D eigenvalue weighted by Gasteiger charge is -1.98. The second-order valence-electron chi connectivity index (χ2n) is 4.60. The molecule has 0 bridgehead atoms. The fourth-order valence-electron chi connectivity index (χ4n) is 1.74. The first-order chi connectivity index (χ1) is 8.41. The van der Waals surface area contributed by atoms with Gasteiger partial charge in [-0.3, -0.25) is 0 Å². The highest BCUT2D eigenvalue weighted by Gasteiger charge is 1.89. The van der Waals surface area contributed by atoms with Crippen molar-refractivity contribution >= 4 is 22.6 Å². The van der Waals surface area contributed by atoms with Crippen LogP contribution < -0.4 is 0 Å². The van der Waals surface area contributed by atoms with E-state index in [9.17, 15) is 0 Å². The van der Waals surface area contributed by atoms with Crippen molar-refractivity contribution < 1.29 is 0 Å². The molecular weight excluding hydrogens is 319 g/mol. The molecule has 0 saturated carbocycles. The summed E-state index contributed by atoms with van der Waals surface area (Å²) in [6, 6.07) is 0. The van der Waals surface area contributed by atoms with Gasteiger partial charge < -0.3 is 0 Å². The predicted molar refractivity (Wildman–Crippen MR) is 89.0 cm³/mol. The lowest BCUT2D eigenvalue weighted by Crippen LogP contribution is -1.79. The monoisotopic (exact) mass is 348 g/mol. The quantitative estimate of drug-likeness (QED) is 0.164. The van der Waals surface area contributed by atoms with Gasteiger partial charge in [-0.05, 0) is 30.1 Å². The fourth-order valence-corrected chi connectivity index (χ4v) is 2.27. The zero-order valence-electron chi connectivity index (χ0n) is 11.5. The van der Waals surface area contributed by atoms with E-state index in [0.717, 1.165) is 0 Å². The molecule has 0 amide bonds. The maximum absolute atomic E-state index is 2.47. The van der Waals surface area contributed by atoms with E-state index in [2.05, 4.69) is 53.8 Å². The van der Waals surface area contributed by atoms with Gasteiger partial charge in [0.1, 0.15) is 0 Å². The van der Waals surface area contributed by atoms with Crippen molar-refractivity contribution in [1.29, 1.82) is 0 Å². The van der Waals surface area contributed by atoms with Crippen LogP contribution in [0.2, 0.25) is 0 Å². The minimum atomic E-state index is 1.23. The highest BCUT2D eigenvalue weighted by Crippen LogP contribution is 2.08. The Morgan fingerprint density at radius 3 is 1.82 bits per heavy atom. The van der Waals surface area contributed by atoms with Gasteiger partial charge in [-0.1, -0.05) is 92.3 Å². The Kier molecular flexibility index (Phi) is 16.4. The molecule has 0 aliphatic heterocycles. The third-order valence-corrected chi connectivity index (χ3v) is 3.62. The van der Waals surface area contributed by atoms with Crippen LogP contribution in [0.25, 0.3) is 0 Å². The Morgan fingerprint density at radius 2 is 1.24 bits per heavy atom. The molecule has 1 heteroatoms. The normalized spacial score (nSPS) is 11.9. The molecule has 0 spiro atoms. The Morgan fingerprint density at radius 1 is 0.706 bits per heavy atom. The number of unbranched alkanes of at least 4 members (excludes halogenated alkanes) is 8. The number of alkyl halides is 1. The van der Waals surface area contributed by atoms with E-state index in [1.165, 1.54) is 68.6 Å². The number of hydrogen-bond donors (Lipinski definition) is 0. The third-order valence-electron chi connectivity index (χ3n) is 2.86. The largest absolute Gasteiger partial charge is 0.0864 e. The zero-order chi connectivity index (χ0) is 12.6. The average Bonchev–Trinajstić information content (AvgIpc) is 2.35. The molecular formula is C16H29I. The van der Waals surface area contributed by atoms with Crippen LogP contribution >= 0.6 is 22.6 Å². The van der Waals surface area contributed by atoms with Crippen LogP contribution in [0, 0.1) is 0 Å². The molecule has 0 unspecified atom stereocenters. The van der Waals surface area contributed by atoms with Crippen LogP contribution in [0.1, 0.15) is 71.1 Å². The van der Waals surface area contributed by atoms with Gasteiger partial charge in [0.15, 0.2) is 0 Å². The second kappa shape index (κ2) is 16.2. The van der Waals surface area contributed by atoms with Crippen molar-refractivity contribution in [3.63, 3.8) is 0 Å². The second-order valence-corrected chi connectivity index (χ2v) is 5.68. The number of allylic oxidation sites excluding steroid dienone is 4. The molecule has 0 aromatic carbocycles. The fraction of sp³-hybridized carbons (Fsp3) is 0.750. The predicted octanol–water partition coefficient (Wildman–Crippen LogP) is 6.45. The summed E-state index contributed by atoms with van der Waals surface area (Å²) in [6.07, 6.45) is 22.6. The molecule has 17 heavy (non-hydrogen) atoms. The highest BCUT2D eigenvalue weighted by atomic mass is 127. The van der Waals surface area contributed by atoms with Crippen LogP contribution in [0.5, 0.6) is 0 Å². The lowest BCUT2D eigenvalue weighted by molar-refractivity contribution is 0.614. The van der Waals surface area contributed by atoms with Crippen LogP contribution in [0.4, 0.5) is 0 Å². The minimum Gasteiger partial charge on any atom is -0.0864 e. The molecule has 0 rings (SSSR count). The molecule has 100 valence electrons. The summed E-state index contributed by atoms with van der Waals surface area (Å²) >= 11 is 2.47. The van der Waals surface area contributed by atoms with E-state index in [0.29, 0.717) is 0 Å². The lowest BCUT2D eigenvalue weighted by atomic mass is 10.1. The van der Waals surface area contributed by atoms with E-state index >= 15 is 0 Å². The summed E-state index contributed by atoms with van der Waals surface area (Å²) in [4.78, 5) is 0. The van der Waals surface area contributed by atoms with Gasteiger partial charge in [-0.15, -0.1) is 0 Å². The molecule has 0 fully saturated rings. The summed E-state index contributed by atoms with van der Waals surface area (Å²) in [5.74, 6) is 0. The maximum Gasteiger partial charge on any atom is -0.000473 e. The summed E-state index contributed by atoms with van der Waals surface area (Å²) in [5, 5.41) is 0. The first-order valence-corrected chi connectivity index (χ1v) is 8.82. The van der Waals surface area contributed by atoms with Gasteiger partial charge in [-0.2, -0.15) is 0 Å². The van der Waals surface area contributed by atoms with Crippen LogP contribution in [0.15, 0.2) is 24.3 Å². The smallest absolute Gasteiger partial charge is 0.000473 e. The van der Waals surface area contributed by atoms with Gasteiger partial charge in [-0.25, -0.2) is 0 Å².